The maximum Gasteiger partial charge on any atom is 0.0465 e. The summed E-state index contributed by atoms with van der Waals surface area (Å²) in [6.45, 7) is 2.60. The molecule has 82 valence electrons. The van der Waals surface area contributed by atoms with Crippen molar-refractivity contribution in [1.82, 2.24) is 4.90 Å². The van der Waals surface area contributed by atoms with E-state index in [1.165, 1.54) is 6.42 Å². The molecule has 1 aliphatic rings. The third-order valence-electron chi connectivity index (χ3n) is 2.96. The Labute approximate surface area is 100.0 Å². The first-order chi connectivity index (χ1) is 7.22. The second-order valence-corrected chi connectivity index (χ2v) is 4.66. The van der Waals surface area contributed by atoms with Gasteiger partial charge in [0.05, 0.1) is 0 Å². The summed E-state index contributed by atoms with van der Waals surface area (Å²) >= 11 is 12.2. The first-order valence-electron chi connectivity index (χ1n) is 5.09. The van der Waals surface area contributed by atoms with Crippen LogP contribution in [0, 0.1) is 0 Å². The average molecular weight is 245 g/mol. The number of hydrogen-bond donors (Lipinski definition) is 1. The Bertz CT molecular complexity index is 332. The van der Waals surface area contributed by atoms with E-state index in [1.54, 1.807) is 0 Å². The average Bonchev–Trinajstić information content (AvgIpc) is 2.16. The topological polar surface area (TPSA) is 29.3 Å². The van der Waals surface area contributed by atoms with E-state index in [9.17, 15) is 0 Å². The van der Waals surface area contributed by atoms with Gasteiger partial charge in [-0.25, -0.2) is 0 Å². The molecule has 4 heteroatoms. The zero-order valence-corrected chi connectivity index (χ0v) is 9.93. The third-order valence-corrected chi connectivity index (χ3v) is 3.67. The van der Waals surface area contributed by atoms with Gasteiger partial charge >= 0.3 is 0 Å². The van der Waals surface area contributed by atoms with Crippen LogP contribution < -0.4 is 5.73 Å². The summed E-state index contributed by atoms with van der Waals surface area (Å²) < 4.78 is 0. The monoisotopic (exact) mass is 244 g/mol. The molecule has 1 aliphatic heterocycles. The lowest BCUT2D eigenvalue weighted by molar-refractivity contribution is 0.0883. The molecule has 0 spiro atoms. The molecule has 0 bridgehead atoms. The van der Waals surface area contributed by atoms with Crippen molar-refractivity contribution in [2.24, 2.45) is 5.73 Å². The molecule has 15 heavy (non-hydrogen) atoms. The quantitative estimate of drug-likeness (QED) is 0.886. The Hall–Kier alpha value is -0.280. The lowest BCUT2D eigenvalue weighted by atomic mass is 10.0. The molecule has 1 heterocycles. The Morgan fingerprint density at radius 3 is 2.47 bits per heavy atom. The molecule has 1 fully saturated rings. The summed E-state index contributed by atoms with van der Waals surface area (Å²) in [7, 11) is 0. The largest absolute Gasteiger partial charge is 0.329 e. The minimum atomic E-state index is 0.498. The highest BCUT2D eigenvalue weighted by atomic mass is 35.5. The highest BCUT2D eigenvalue weighted by Crippen LogP contribution is 2.28. The van der Waals surface area contributed by atoms with Crippen molar-refractivity contribution in [2.45, 2.75) is 19.0 Å². The van der Waals surface area contributed by atoms with Crippen molar-refractivity contribution in [1.29, 1.82) is 0 Å². The van der Waals surface area contributed by atoms with Crippen molar-refractivity contribution in [3.8, 4) is 0 Å². The minimum Gasteiger partial charge on any atom is -0.329 e. The molecule has 2 rings (SSSR count). The number of nitrogens with two attached hydrogens (primary N) is 1. The van der Waals surface area contributed by atoms with E-state index in [-0.39, 0.29) is 0 Å². The summed E-state index contributed by atoms with van der Waals surface area (Å²) in [5, 5.41) is 1.48. The normalized spacial score (nSPS) is 21.4. The van der Waals surface area contributed by atoms with E-state index in [4.69, 9.17) is 28.9 Å². The van der Waals surface area contributed by atoms with Crippen molar-refractivity contribution in [2.75, 3.05) is 13.1 Å². The maximum atomic E-state index is 6.10. The van der Waals surface area contributed by atoms with Crippen LogP contribution in [0.3, 0.4) is 0 Å². The van der Waals surface area contributed by atoms with Crippen molar-refractivity contribution in [3.63, 3.8) is 0 Å². The number of halogens is 2. The number of rotatable bonds is 3. The molecule has 1 aromatic carbocycles. The van der Waals surface area contributed by atoms with Gasteiger partial charge in [0.2, 0.25) is 0 Å². The van der Waals surface area contributed by atoms with Gasteiger partial charge in [0.1, 0.15) is 0 Å². The summed E-state index contributed by atoms with van der Waals surface area (Å²) in [6.07, 6.45) is 1.18. The Balaban J connectivity index is 2.10. The van der Waals surface area contributed by atoms with Gasteiger partial charge in [-0.2, -0.15) is 0 Å². The molecule has 1 unspecified atom stereocenters. The van der Waals surface area contributed by atoms with Gasteiger partial charge in [0.25, 0.3) is 0 Å². The summed E-state index contributed by atoms with van der Waals surface area (Å²) in [5.41, 5.74) is 6.66. The van der Waals surface area contributed by atoms with Gasteiger partial charge in [-0.05, 0) is 18.6 Å². The minimum absolute atomic E-state index is 0.498. The van der Waals surface area contributed by atoms with Gasteiger partial charge in [0.15, 0.2) is 0 Å². The van der Waals surface area contributed by atoms with Crippen LogP contribution in [0.1, 0.15) is 12.0 Å². The standard InChI is InChI=1S/C11H14Cl2N2/c12-10-2-1-3-11(13)9(10)7-15-5-4-8(15)6-14/h1-3,8H,4-7,14H2. The molecule has 2 N–H and O–H groups in total. The van der Waals surface area contributed by atoms with Crippen LogP contribution in [0.25, 0.3) is 0 Å². The predicted molar refractivity (Wildman–Crippen MR) is 64.3 cm³/mol. The van der Waals surface area contributed by atoms with E-state index in [0.717, 1.165) is 28.7 Å². The fraction of sp³-hybridized carbons (Fsp3) is 0.455. The van der Waals surface area contributed by atoms with Crippen LogP contribution in [0.4, 0.5) is 0 Å². The molecule has 1 atom stereocenters. The van der Waals surface area contributed by atoms with Gasteiger partial charge in [-0.15, -0.1) is 0 Å². The van der Waals surface area contributed by atoms with Gasteiger partial charge in [-0.1, -0.05) is 29.3 Å². The summed E-state index contributed by atoms with van der Waals surface area (Å²) in [5.74, 6) is 0. The van der Waals surface area contributed by atoms with Crippen molar-refractivity contribution < 1.29 is 0 Å². The zero-order chi connectivity index (χ0) is 10.8. The van der Waals surface area contributed by atoms with E-state index in [1.807, 2.05) is 18.2 Å². The van der Waals surface area contributed by atoms with Crippen LogP contribution >= 0.6 is 23.2 Å². The number of hydrogen-bond acceptors (Lipinski definition) is 2. The zero-order valence-electron chi connectivity index (χ0n) is 8.42. The first-order valence-corrected chi connectivity index (χ1v) is 5.85. The van der Waals surface area contributed by atoms with Crippen LogP contribution in [-0.4, -0.2) is 24.0 Å². The smallest absolute Gasteiger partial charge is 0.0465 e. The molecule has 0 radical (unpaired) electrons. The Kier molecular flexibility index (Phi) is 3.52. The van der Waals surface area contributed by atoms with Gasteiger partial charge in [0, 0.05) is 41.3 Å². The summed E-state index contributed by atoms with van der Waals surface area (Å²) in [4.78, 5) is 2.31. The second kappa shape index (κ2) is 4.71. The van der Waals surface area contributed by atoms with E-state index in [2.05, 4.69) is 4.90 Å². The molecular formula is C11H14Cl2N2. The molecule has 2 nitrogen and oxygen atoms in total. The predicted octanol–water partition coefficient (Wildman–Crippen LogP) is 2.53. The van der Waals surface area contributed by atoms with Crippen molar-refractivity contribution >= 4 is 23.2 Å². The highest BCUT2D eigenvalue weighted by molar-refractivity contribution is 6.35. The fourth-order valence-corrected chi connectivity index (χ4v) is 2.37. The lowest BCUT2D eigenvalue weighted by Gasteiger charge is -2.40. The lowest BCUT2D eigenvalue weighted by Crippen LogP contribution is -2.50. The highest BCUT2D eigenvalue weighted by Gasteiger charge is 2.27. The molecule has 0 aromatic heterocycles. The van der Waals surface area contributed by atoms with Crippen molar-refractivity contribution in [3.05, 3.63) is 33.8 Å². The number of likely N-dealkylation sites (tertiary alicyclic amines) is 1. The maximum absolute atomic E-state index is 6.10. The van der Waals surface area contributed by atoms with Crippen LogP contribution in [0.15, 0.2) is 18.2 Å². The first kappa shape index (κ1) is 11.2. The van der Waals surface area contributed by atoms with E-state index >= 15 is 0 Å². The summed E-state index contributed by atoms with van der Waals surface area (Å²) in [6, 6.07) is 6.11. The number of benzene rings is 1. The third kappa shape index (κ3) is 2.28. The molecule has 0 aliphatic carbocycles. The molecule has 1 aromatic rings. The van der Waals surface area contributed by atoms with Crippen LogP contribution in [0.5, 0.6) is 0 Å². The fourth-order valence-electron chi connectivity index (χ4n) is 1.86. The second-order valence-electron chi connectivity index (χ2n) is 3.85. The van der Waals surface area contributed by atoms with E-state index < -0.39 is 0 Å². The Morgan fingerprint density at radius 2 is 2.00 bits per heavy atom. The van der Waals surface area contributed by atoms with Crippen LogP contribution in [0.2, 0.25) is 10.0 Å². The molecule has 0 amide bonds. The van der Waals surface area contributed by atoms with Crippen LogP contribution in [-0.2, 0) is 6.54 Å². The molecular weight excluding hydrogens is 231 g/mol. The number of nitrogens with zero attached hydrogens (tertiary/aromatic N) is 1. The SMILES string of the molecule is NCC1CCN1Cc1c(Cl)cccc1Cl. The molecule has 1 saturated heterocycles. The van der Waals surface area contributed by atoms with Gasteiger partial charge < -0.3 is 5.73 Å². The molecule has 0 saturated carbocycles. The Morgan fingerprint density at radius 1 is 1.33 bits per heavy atom. The van der Waals surface area contributed by atoms with E-state index in [0.29, 0.717) is 12.6 Å². The van der Waals surface area contributed by atoms with Gasteiger partial charge in [-0.3, -0.25) is 4.90 Å².